The van der Waals surface area contributed by atoms with E-state index >= 15 is 0 Å². The second-order valence-electron chi connectivity index (χ2n) is 5.59. The average Bonchev–Trinajstić information content (AvgIpc) is 3.21. The Bertz CT molecular complexity index is 547. The van der Waals surface area contributed by atoms with Crippen molar-refractivity contribution in [1.29, 1.82) is 0 Å². The normalized spacial score (nSPS) is 23.1. The van der Waals surface area contributed by atoms with E-state index in [0.717, 1.165) is 5.88 Å². The van der Waals surface area contributed by atoms with E-state index in [1.807, 2.05) is 0 Å². The zero-order valence-corrected chi connectivity index (χ0v) is 12.0. The molecule has 2 aromatic carbocycles. The van der Waals surface area contributed by atoms with Crippen molar-refractivity contribution < 1.29 is 0 Å². The zero-order chi connectivity index (χ0) is 13.2. The molecule has 0 aliphatic heterocycles. The maximum absolute atomic E-state index is 6.24. The molecule has 0 bridgehead atoms. The Labute approximate surface area is 120 Å². The largest absolute Gasteiger partial charge is 0.126 e. The number of rotatable bonds is 4. The maximum Gasteiger partial charge on any atom is 0.0295 e. The highest BCUT2D eigenvalue weighted by atomic mass is 35.5. The molecule has 0 heterocycles. The van der Waals surface area contributed by atoms with Gasteiger partial charge >= 0.3 is 0 Å². The van der Waals surface area contributed by atoms with E-state index in [4.69, 9.17) is 11.6 Å². The van der Waals surface area contributed by atoms with Gasteiger partial charge in [0.1, 0.15) is 0 Å². The number of alkyl halides is 1. The smallest absolute Gasteiger partial charge is 0.0295 e. The third-order valence-electron chi connectivity index (χ3n) is 4.22. The van der Waals surface area contributed by atoms with Gasteiger partial charge in [0.2, 0.25) is 0 Å². The van der Waals surface area contributed by atoms with Gasteiger partial charge in [0, 0.05) is 11.8 Å². The highest BCUT2D eigenvalue weighted by Gasteiger charge is 2.43. The predicted molar refractivity (Wildman–Crippen MR) is 81.9 cm³/mol. The molecule has 0 nitrogen and oxygen atoms in total. The summed E-state index contributed by atoms with van der Waals surface area (Å²) in [5, 5.41) is 0. The van der Waals surface area contributed by atoms with Crippen LogP contribution in [-0.2, 0) is 0 Å². The van der Waals surface area contributed by atoms with Gasteiger partial charge in [0.05, 0.1) is 0 Å². The molecular weight excluding hydrogens is 252 g/mol. The summed E-state index contributed by atoms with van der Waals surface area (Å²) in [6.45, 7) is 2.15. The van der Waals surface area contributed by atoms with Gasteiger partial charge in [-0.25, -0.2) is 0 Å². The molecule has 1 fully saturated rings. The van der Waals surface area contributed by atoms with E-state index in [0.29, 0.717) is 17.8 Å². The lowest BCUT2D eigenvalue weighted by Crippen LogP contribution is -2.04. The van der Waals surface area contributed by atoms with Crippen molar-refractivity contribution >= 4 is 11.6 Å². The van der Waals surface area contributed by atoms with Crippen LogP contribution in [0, 0.1) is 12.8 Å². The molecule has 98 valence electrons. The summed E-state index contributed by atoms with van der Waals surface area (Å²) >= 11 is 6.24. The van der Waals surface area contributed by atoms with Crippen molar-refractivity contribution in [1.82, 2.24) is 0 Å². The first-order chi connectivity index (χ1) is 9.29. The van der Waals surface area contributed by atoms with Gasteiger partial charge in [0.15, 0.2) is 0 Å². The first kappa shape index (κ1) is 12.7. The molecule has 1 aliphatic carbocycles. The average molecular weight is 271 g/mol. The van der Waals surface area contributed by atoms with Crippen LogP contribution in [0.5, 0.6) is 0 Å². The second-order valence-corrected chi connectivity index (χ2v) is 5.90. The van der Waals surface area contributed by atoms with Gasteiger partial charge in [-0.1, -0.05) is 60.2 Å². The van der Waals surface area contributed by atoms with E-state index in [9.17, 15) is 0 Å². The molecule has 3 rings (SSSR count). The van der Waals surface area contributed by atoms with Crippen LogP contribution in [0.3, 0.4) is 0 Å². The van der Waals surface area contributed by atoms with Crippen LogP contribution in [0.25, 0.3) is 0 Å². The SMILES string of the molecule is Cc1cccc(C(CCl)C2CC2c2ccccc2)c1. The Balaban J connectivity index is 1.79. The second kappa shape index (κ2) is 5.38. The van der Waals surface area contributed by atoms with Gasteiger partial charge in [-0.3, -0.25) is 0 Å². The monoisotopic (exact) mass is 270 g/mol. The molecular formula is C18H19Cl. The minimum absolute atomic E-state index is 0.492. The summed E-state index contributed by atoms with van der Waals surface area (Å²) in [6, 6.07) is 19.6. The van der Waals surface area contributed by atoms with Crippen LogP contribution in [0.15, 0.2) is 54.6 Å². The Morgan fingerprint density at radius 2 is 1.89 bits per heavy atom. The molecule has 0 radical (unpaired) electrons. The Hall–Kier alpha value is -1.27. The Kier molecular flexibility index (Phi) is 3.61. The number of hydrogen-bond acceptors (Lipinski definition) is 0. The summed E-state index contributed by atoms with van der Waals surface area (Å²) in [5.74, 6) is 2.62. The molecule has 0 N–H and O–H groups in total. The molecule has 3 unspecified atom stereocenters. The third kappa shape index (κ3) is 2.69. The van der Waals surface area contributed by atoms with Gasteiger partial charge in [0.25, 0.3) is 0 Å². The van der Waals surface area contributed by atoms with Crippen molar-refractivity contribution in [3.8, 4) is 0 Å². The molecule has 1 aliphatic rings. The standard InChI is InChI=1S/C18H19Cl/c1-13-6-5-9-15(10-13)18(12-19)17-11-16(17)14-7-3-2-4-8-14/h2-10,16-18H,11-12H2,1H3. The van der Waals surface area contributed by atoms with Crippen LogP contribution in [0.2, 0.25) is 0 Å². The fourth-order valence-electron chi connectivity index (χ4n) is 3.09. The highest BCUT2D eigenvalue weighted by molar-refractivity contribution is 6.18. The van der Waals surface area contributed by atoms with Gasteiger partial charge in [-0.05, 0) is 36.3 Å². The van der Waals surface area contributed by atoms with E-state index in [2.05, 4.69) is 61.5 Å². The lowest BCUT2D eigenvalue weighted by Gasteiger charge is -2.15. The molecule has 0 spiro atoms. The Morgan fingerprint density at radius 3 is 2.58 bits per heavy atom. The van der Waals surface area contributed by atoms with Crippen molar-refractivity contribution in [2.24, 2.45) is 5.92 Å². The molecule has 2 aromatic rings. The lowest BCUT2D eigenvalue weighted by molar-refractivity contribution is 0.649. The Morgan fingerprint density at radius 1 is 1.11 bits per heavy atom. The van der Waals surface area contributed by atoms with Crippen LogP contribution in [0.1, 0.15) is 34.9 Å². The number of aryl methyl sites for hydroxylation is 1. The molecule has 1 saturated carbocycles. The summed E-state index contributed by atoms with van der Waals surface area (Å²) in [6.07, 6.45) is 1.27. The molecule has 0 amide bonds. The van der Waals surface area contributed by atoms with Crippen LogP contribution in [0.4, 0.5) is 0 Å². The summed E-state index contributed by atoms with van der Waals surface area (Å²) < 4.78 is 0. The van der Waals surface area contributed by atoms with Crippen LogP contribution in [-0.4, -0.2) is 5.88 Å². The van der Waals surface area contributed by atoms with Crippen LogP contribution < -0.4 is 0 Å². The number of benzene rings is 2. The van der Waals surface area contributed by atoms with Crippen molar-refractivity contribution in [2.45, 2.75) is 25.2 Å². The fraction of sp³-hybridized carbons (Fsp3) is 0.333. The zero-order valence-electron chi connectivity index (χ0n) is 11.2. The topological polar surface area (TPSA) is 0 Å². The first-order valence-electron chi connectivity index (χ1n) is 6.97. The molecule has 19 heavy (non-hydrogen) atoms. The van der Waals surface area contributed by atoms with Gasteiger partial charge < -0.3 is 0 Å². The highest BCUT2D eigenvalue weighted by Crippen LogP contribution is 2.55. The maximum atomic E-state index is 6.24. The number of hydrogen-bond donors (Lipinski definition) is 0. The van der Waals surface area contributed by atoms with Crippen molar-refractivity contribution in [3.05, 3.63) is 71.3 Å². The van der Waals surface area contributed by atoms with E-state index in [1.54, 1.807) is 0 Å². The fourth-order valence-corrected chi connectivity index (χ4v) is 3.50. The van der Waals surface area contributed by atoms with E-state index in [-0.39, 0.29) is 0 Å². The molecule has 3 atom stereocenters. The van der Waals surface area contributed by atoms with Gasteiger partial charge in [-0.15, -0.1) is 11.6 Å². The molecule has 1 heteroatoms. The lowest BCUT2D eigenvalue weighted by atomic mass is 9.92. The summed E-state index contributed by atoms with van der Waals surface area (Å²) in [7, 11) is 0. The third-order valence-corrected chi connectivity index (χ3v) is 4.55. The molecule has 0 aromatic heterocycles. The van der Waals surface area contributed by atoms with Crippen LogP contribution >= 0.6 is 11.6 Å². The van der Waals surface area contributed by atoms with E-state index in [1.165, 1.54) is 23.1 Å². The quantitative estimate of drug-likeness (QED) is 0.677. The predicted octanol–water partition coefficient (Wildman–Crippen LogP) is 5.12. The first-order valence-corrected chi connectivity index (χ1v) is 7.50. The van der Waals surface area contributed by atoms with Gasteiger partial charge in [-0.2, -0.15) is 0 Å². The minimum atomic E-state index is 0.492. The van der Waals surface area contributed by atoms with E-state index < -0.39 is 0 Å². The molecule has 0 saturated heterocycles. The minimum Gasteiger partial charge on any atom is -0.126 e. The summed E-state index contributed by atoms with van der Waals surface area (Å²) in [5.41, 5.74) is 4.19. The van der Waals surface area contributed by atoms with Crippen molar-refractivity contribution in [2.75, 3.05) is 5.88 Å². The van der Waals surface area contributed by atoms with Crippen molar-refractivity contribution in [3.63, 3.8) is 0 Å². The number of halogens is 1. The summed E-state index contributed by atoms with van der Waals surface area (Å²) in [4.78, 5) is 0.